The van der Waals surface area contributed by atoms with Gasteiger partial charge in [0.2, 0.25) is 17.7 Å². The van der Waals surface area contributed by atoms with Crippen molar-refractivity contribution in [3.05, 3.63) is 12.7 Å². The number of aliphatic hydroxyl groups is 1. The molecule has 54 heavy (non-hydrogen) atoms. The van der Waals surface area contributed by atoms with Gasteiger partial charge >= 0.3 is 11.9 Å². The van der Waals surface area contributed by atoms with Crippen LogP contribution >= 0.6 is 0 Å². The highest BCUT2D eigenvalue weighted by Crippen LogP contribution is 2.28. The van der Waals surface area contributed by atoms with Crippen molar-refractivity contribution < 1.29 is 43.3 Å². The van der Waals surface area contributed by atoms with E-state index < -0.39 is 89.2 Å². The highest BCUT2D eigenvalue weighted by Gasteiger charge is 2.46. The summed E-state index contributed by atoms with van der Waals surface area (Å²) in [5, 5.41) is 13.6. The molecule has 1 rings (SSSR count). The summed E-state index contributed by atoms with van der Waals surface area (Å²) in [5.74, 6) is -2.35. The van der Waals surface area contributed by atoms with Crippen molar-refractivity contribution in [2.24, 2.45) is 29.1 Å². The van der Waals surface area contributed by atoms with Crippen molar-refractivity contribution in [1.29, 1.82) is 0 Å². The molecule has 4 amide bonds. The third-order valence-electron chi connectivity index (χ3n) is 10.5. The van der Waals surface area contributed by atoms with Crippen LogP contribution in [0.3, 0.4) is 0 Å². The van der Waals surface area contributed by atoms with Gasteiger partial charge in [-0.2, -0.15) is 0 Å². The number of likely N-dealkylation sites (N-methyl/N-ethyl adjacent to an activating group) is 2. The van der Waals surface area contributed by atoms with Gasteiger partial charge in [0, 0.05) is 33.0 Å². The van der Waals surface area contributed by atoms with Crippen LogP contribution in [0.15, 0.2) is 12.7 Å². The standard InChI is InChI=1S/C41H68N4O9/c1-15-18-19-22-30(46)41(11,12)40(52)42-31(25(4)5)36(48)44(14)33(27(8)9)39(51)54-34(28(10)17-3)37(49)45-23-20-21-29(45)35(47)43(13)32(26(6)7)38(50)53-24-16-2/h1,16,25-34,46H,2,17-24H2,3-14H3,(H,42,52)/t28-,29-,30-,31-,32-,33-,34+/m0/s1. The summed E-state index contributed by atoms with van der Waals surface area (Å²) in [6.07, 6.45) is 7.24. The maximum atomic E-state index is 14.3. The SMILES string of the molecule is C#CCCC[C@H](O)C(C)(C)C(=O)N[C@H](C(=O)N(C)[C@H](C(=O)O[C@@H](C(=O)N1CCC[C@H]1C(=O)N(C)[C@H](C(=O)OCC=C)C(C)C)[C@@H](C)CC)C(C)C)C(C)C. The van der Waals surface area contributed by atoms with Gasteiger partial charge in [0.15, 0.2) is 6.10 Å². The molecule has 1 heterocycles. The Morgan fingerprint density at radius 3 is 2.06 bits per heavy atom. The van der Waals surface area contributed by atoms with Crippen molar-refractivity contribution in [3.63, 3.8) is 0 Å². The molecule has 306 valence electrons. The van der Waals surface area contributed by atoms with Gasteiger partial charge in [-0.3, -0.25) is 19.2 Å². The highest BCUT2D eigenvalue weighted by atomic mass is 16.6. The van der Waals surface area contributed by atoms with E-state index >= 15 is 0 Å². The summed E-state index contributed by atoms with van der Waals surface area (Å²) in [7, 11) is 2.98. The summed E-state index contributed by atoms with van der Waals surface area (Å²) in [6, 6.07) is -3.90. The van der Waals surface area contributed by atoms with E-state index in [1.165, 1.54) is 34.9 Å². The molecule has 13 nitrogen and oxygen atoms in total. The zero-order valence-electron chi connectivity index (χ0n) is 34.8. The molecule has 0 spiro atoms. The number of esters is 2. The number of rotatable bonds is 21. The van der Waals surface area contributed by atoms with Gasteiger partial charge < -0.3 is 34.6 Å². The van der Waals surface area contributed by atoms with Gasteiger partial charge in [-0.1, -0.05) is 68.0 Å². The van der Waals surface area contributed by atoms with E-state index in [9.17, 15) is 33.9 Å². The molecule has 0 aromatic rings. The number of hydrogen-bond donors (Lipinski definition) is 2. The van der Waals surface area contributed by atoms with Crippen LogP contribution in [-0.2, 0) is 38.2 Å². The molecule has 1 aliphatic rings. The van der Waals surface area contributed by atoms with E-state index in [2.05, 4.69) is 17.8 Å². The summed E-state index contributed by atoms with van der Waals surface area (Å²) in [4.78, 5) is 86.6. The summed E-state index contributed by atoms with van der Waals surface area (Å²) in [6.45, 7) is 21.3. The molecule has 0 aromatic carbocycles. The Morgan fingerprint density at radius 2 is 1.56 bits per heavy atom. The van der Waals surface area contributed by atoms with Gasteiger partial charge in [0.25, 0.3) is 5.91 Å². The molecular weight excluding hydrogens is 692 g/mol. The van der Waals surface area contributed by atoms with Crippen LogP contribution in [0, 0.1) is 41.4 Å². The minimum Gasteiger partial charge on any atom is -0.460 e. The highest BCUT2D eigenvalue weighted by molar-refractivity contribution is 5.95. The fourth-order valence-electron chi connectivity index (χ4n) is 6.73. The maximum Gasteiger partial charge on any atom is 0.329 e. The first-order valence-electron chi connectivity index (χ1n) is 19.4. The minimum absolute atomic E-state index is 0.00151. The van der Waals surface area contributed by atoms with Crippen LogP contribution in [0.5, 0.6) is 0 Å². The largest absolute Gasteiger partial charge is 0.460 e. The normalized spacial score (nSPS) is 17.8. The van der Waals surface area contributed by atoms with Crippen molar-refractivity contribution in [3.8, 4) is 12.3 Å². The second kappa shape index (κ2) is 21.8. The van der Waals surface area contributed by atoms with E-state index in [-0.39, 0.29) is 25.0 Å². The Labute approximate surface area is 323 Å². The molecular formula is C41H68N4O9. The molecule has 1 aliphatic heterocycles. The molecule has 1 saturated heterocycles. The van der Waals surface area contributed by atoms with Crippen LogP contribution in [0.4, 0.5) is 0 Å². The third kappa shape index (κ3) is 12.3. The lowest BCUT2D eigenvalue weighted by molar-refractivity contribution is -0.172. The zero-order chi connectivity index (χ0) is 41.7. The predicted molar refractivity (Wildman–Crippen MR) is 207 cm³/mol. The van der Waals surface area contributed by atoms with Gasteiger partial charge in [-0.15, -0.1) is 12.3 Å². The van der Waals surface area contributed by atoms with Crippen LogP contribution in [-0.4, -0.2) is 119 Å². The number of likely N-dealkylation sites (tertiary alicyclic amines) is 1. The molecule has 0 radical (unpaired) electrons. The van der Waals surface area contributed by atoms with Crippen molar-refractivity contribution in [2.75, 3.05) is 27.2 Å². The average Bonchev–Trinajstić information content (AvgIpc) is 3.60. The molecule has 1 fully saturated rings. The number of carbonyl (C=O) groups excluding carboxylic acids is 6. The number of aliphatic hydroxyl groups excluding tert-OH is 1. The molecule has 0 unspecified atom stereocenters. The number of carbonyl (C=O) groups is 6. The second-order valence-corrected chi connectivity index (χ2v) is 16.2. The zero-order valence-corrected chi connectivity index (χ0v) is 34.8. The van der Waals surface area contributed by atoms with Gasteiger partial charge in [0.05, 0.1) is 11.5 Å². The lowest BCUT2D eigenvalue weighted by Gasteiger charge is -2.37. The Balaban J connectivity index is 3.33. The number of terminal acetylenes is 1. The number of nitrogens with one attached hydrogen (secondary N) is 1. The van der Waals surface area contributed by atoms with Crippen LogP contribution < -0.4 is 5.32 Å². The minimum atomic E-state index is -1.25. The molecule has 0 aliphatic carbocycles. The number of amides is 4. The molecule has 2 N–H and O–H groups in total. The van der Waals surface area contributed by atoms with Gasteiger partial charge in [0.1, 0.15) is 30.8 Å². The first kappa shape index (κ1) is 48.1. The molecule has 7 atom stereocenters. The average molecular weight is 761 g/mol. The molecule has 0 aromatic heterocycles. The number of unbranched alkanes of at least 4 members (excludes halogenated alkanes) is 1. The number of nitrogens with zero attached hydrogens (tertiary/aromatic N) is 3. The Kier molecular flexibility index (Phi) is 19.5. The van der Waals surface area contributed by atoms with E-state index in [0.717, 1.165) is 0 Å². The molecule has 0 bridgehead atoms. The van der Waals surface area contributed by atoms with Crippen LogP contribution in [0.2, 0.25) is 0 Å². The van der Waals surface area contributed by atoms with Gasteiger partial charge in [-0.25, -0.2) is 9.59 Å². The van der Waals surface area contributed by atoms with Crippen LogP contribution in [0.1, 0.15) is 108 Å². The van der Waals surface area contributed by atoms with E-state index in [1.807, 2.05) is 6.92 Å². The first-order chi connectivity index (χ1) is 25.1. The van der Waals surface area contributed by atoms with E-state index in [0.29, 0.717) is 38.5 Å². The summed E-state index contributed by atoms with van der Waals surface area (Å²) < 4.78 is 11.3. The smallest absolute Gasteiger partial charge is 0.329 e. The predicted octanol–water partition coefficient (Wildman–Crippen LogP) is 3.96. The maximum absolute atomic E-state index is 14.3. The van der Waals surface area contributed by atoms with E-state index in [1.54, 1.807) is 62.3 Å². The number of hydrogen-bond acceptors (Lipinski definition) is 9. The van der Waals surface area contributed by atoms with Crippen molar-refractivity contribution in [1.82, 2.24) is 20.0 Å². The number of ether oxygens (including phenoxy) is 2. The summed E-state index contributed by atoms with van der Waals surface area (Å²) in [5.41, 5.74) is -1.23. The van der Waals surface area contributed by atoms with Gasteiger partial charge in [-0.05, 0) is 63.7 Å². The second-order valence-electron chi connectivity index (χ2n) is 16.2. The lowest BCUT2D eigenvalue weighted by atomic mass is 9.82. The fraction of sp³-hybridized carbons (Fsp3) is 0.756. The molecule has 13 heteroatoms. The Bertz CT molecular complexity index is 1350. The topological polar surface area (TPSA) is 163 Å². The van der Waals surface area contributed by atoms with Crippen molar-refractivity contribution >= 4 is 35.6 Å². The van der Waals surface area contributed by atoms with E-state index in [4.69, 9.17) is 15.9 Å². The fourth-order valence-corrected chi connectivity index (χ4v) is 6.73. The molecule has 0 saturated carbocycles. The first-order valence-corrected chi connectivity index (χ1v) is 19.4. The quantitative estimate of drug-likeness (QED) is 0.0764. The Morgan fingerprint density at radius 1 is 0.981 bits per heavy atom. The van der Waals surface area contributed by atoms with Crippen LogP contribution in [0.25, 0.3) is 0 Å². The lowest BCUT2D eigenvalue weighted by Crippen LogP contribution is -2.59. The third-order valence-corrected chi connectivity index (χ3v) is 10.5. The Hall–Kier alpha value is -3.92. The summed E-state index contributed by atoms with van der Waals surface area (Å²) >= 11 is 0. The monoisotopic (exact) mass is 760 g/mol. The van der Waals surface area contributed by atoms with Crippen molar-refractivity contribution in [2.45, 2.75) is 144 Å².